The van der Waals surface area contributed by atoms with E-state index in [1.165, 1.54) is 4.90 Å². The zero-order chi connectivity index (χ0) is 14.6. The van der Waals surface area contributed by atoms with Gasteiger partial charge in [0.15, 0.2) is 0 Å². The molecule has 7 heteroatoms. The first-order chi connectivity index (χ1) is 9.54. The van der Waals surface area contributed by atoms with Crippen LogP contribution in [-0.2, 0) is 11.2 Å². The predicted octanol–water partition coefficient (Wildman–Crippen LogP) is 0.991. The molecule has 1 aromatic rings. The lowest BCUT2D eigenvalue weighted by Gasteiger charge is -2.41. The Hall–Kier alpha value is -2.05. The van der Waals surface area contributed by atoms with Crippen molar-refractivity contribution in [2.75, 3.05) is 13.1 Å². The van der Waals surface area contributed by atoms with Crippen molar-refractivity contribution < 1.29 is 14.7 Å². The predicted molar refractivity (Wildman–Crippen MR) is 72.3 cm³/mol. The number of nitrogens with one attached hydrogen (secondary N) is 2. The molecule has 0 saturated carbocycles. The molecule has 110 valence electrons. The standard InChI is InChI=1S/C13H20N4O3/c1-13(11(18)19)5-2-3-7-17(13)12(20)15-6-4-10-8-14-9-16-10/h8-9H,2-7H2,1H3,(H,14,16)(H,15,20)(H,18,19). The Bertz CT molecular complexity index is 474. The van der Waals surface area contributed by atoms with Crippen LogP contribution in [0.15, 0.2) is 12.5 Å². The highest BCUT2D eigenvalue weighted by molar-refractivity contribution is 5.86. The quantitative estimate of drug-likeness (QED) is 0.766. The van der Waals surface area contributed by atoms with Gasteiger partial charge in [-0.05, 0) is 26.2 Å². The van der Waals surface area contributed by atoms with E-state index in [0.29, 0.717) is 25.9 Å². The second-order valence-electron chi connectivity index (χ2n) is 5.25. The number of likely N-dealkylation sites (tertiary alicyclic amines) is 1. The lowest BCUT2D eigenvalue weighted by Crippen LogP contribution is -2.60. The van der Waals surface area contributed by atoms with Crippen LogP contribution in [0.3, 0.4) is 0 Å². The maximum Gasteiger partial charge on any atom is 0.329 e. The number of nitrogens with zero attached hydrogens (tertiary/aromatic N) is 2. The smallest absolute Gasteiger partial charge is 0.329 e. The van der Waals surface area contributed by atoms with E-state index in [0.717, 1.165) is 18.5 Å². The Morgan fingerprint density at radius 1 is 1.55 bits per heavy atom. The van der Waals surface area contributed by atoms with Gasteiger partial charge in [0.05, 0.1) is 6.33 Å². The number of carboxylic acids is 1. The van der Waals surface area contributed by atoms with Gasteiger partial charge >= 0.3 is 12.0 Å². The number of H-pyrrole nitrogens is 1. The third-order valence-electron chi connectivity index (χ3n) is 3.82. The molecule has 1 saturated heterocycles. The zero-order valence-electron chi connectivity index (χ0n) is 11.6. The first-order valence-electron chi connectivity index (χ1n) is 6.80. The fraction of sp³-hybridized carbons (Fsp3) is 0.615. The summed E-state index contributed by atoms with van der Waals surface area (Å²) in [6, 6.07) is -0.311. The number of hydrogen-bond acceptors (Lipinski definition) is 3. The van der Waals surface area contributed by atoms with Crippen molar-refractivity contribution in [2.24, 2.45) is 0 Å². The van der Waals surface area contributed by atoms with Crippen molar-refractivity contribution >= 4 is 12.0 Å². The Kier molecular flexibility index (Phi) is 4.26. The van der Waals surface area contributed by atoms with E-state index in [9.17, 15) is 14.7 Å². The highest BCUT2D eigenvalue weighted by Gasteiger charge is 2.43. The highest BCUT2D eigenvalue weighted by atomic mass is 16.4. The van der Waals surface area contributed by atoms with Gasteiger partial charge in [0, 0.05) is 31.4 Å². The molecule has 0 aromatic carbocycles. The molecule has 2 heterocycles. The van der Waals surface area contributed by atoms with Gasteiger partial charge in [-0.2, -0.15) is 0 Å². The molecule has 1 atom stereocenters. The molecular formula is C13H20N4O3. The summed E-state index contributed by atoms with van der Waals surface area (Å²) in [6.07, 6.45) is 6.11. The molecular weight excluding hydrogens is 260 g/mol. The van der Waals surface area contributed by atoms with Gasteiger partial charge in [-0.1, -0.05) is 0 Å². The number of aromatic amines is 1. The van der Waals surface area contributed by atoms with E-state index in [1.54, 1.807) is 19.4 Å². The molecule has 2 rings (SSSR count). The summed E-state index contributed by atoms with van der Waals surface area (Å²) in [6.45, 7) is 2.55. The average molecular weight is 280 g/mol. The minimum Gasteiger partial charge on any atom is -0.480 e. The molecule has 0 bridgehead atoms. The summed E-state index contributed by atoms with van der Waals surface area (Å²) in [5.74, 6) is -0.944. The number of hydrogen-bond donors (Lipinski definition) is 3. The number of carbonyl (C=O) groups excluding carboxylic acids is 1. The van der Waals surface area contributed by atoms with Crippen LogP contribution in [0, 0.1) is 0 Å². The minimum atomic E-state index is -1.10. The Morgan fingerprint density at radius 2 is 2.35 bits per heavy atom. The summed E-state index contributed by atoms with van der Waals surface area (Å²) in [7, 11) is 0. The normalized spacial score (nSPS) is 22.6. The number of aliphatic carboxylic acids is 1. The van der Waals surface area contributed by atoms with E-state index in [2.05, 4.69) is 15.3 Å². The molecule has 7 nitrogen and oxygen atoms in total. The van der Waals surface area contributed by atoms with Crippen molar-refractivity contribution in [3.05, 3.63) is 18.2 Å². The van der Waals surface area contributed by atoms with E-state index < -0.39 is 11.5 Å². The maximum absolute atomic E-state index is 12.2. The lowest BCUT2D eigenvalue weighted by molar-refractivity contribution is -0.150. The van der Waals surface area contributed by atoms with Gasteiger partial charge in [-0.25, -0.2) is 14.6 Å². The molecule has 20 heavy (non-hydrogen) atoms. The minimum absolute atomic E-state index is 0.311. The van der Waals surface area contributed by atoms with E-state index in [-0.39, 0.29) is 6.03 Å². The van der Waals surface area contributed by atoms with Crippen LogP contribution in [0.5, 0.6) is 0 Å². The highest BCUT2D eigenvalue weighted by Crippen LogP contribution is 2.28. The largest absolute Gasteiger partial charge is 0.480 e. The Morgan fingerprint density at radius 3 is 3.00 bits per heavy atom. The fourth-order valence-electron chi connectivity index (χ4n) is 2.49. The summed E-state index contributed by atoms with van der Waals surface area (Å²) in [5, 5.41) is 12.1. The first-order valence-corrected chi connectivity index (χ1v) is 6.80. The number of piperidine rings is 1. The molecule has 1 aliphatic heterocycles. The topological polar surface area (TPSA) is 98.3 Å². The Labute approximate surface area is 117 Å². The van der Waals surface area contributed by atoms with Crippen LogP contribution in [-0.4, -0.2) is 50.6 Å². The van der Waals surface area contributed by atoms with Crippen molar-refractivity contribution in [3.8, 4) is 0 Å². The molecule has 0 spiro atoms. The van der Waals surface area contributed by atoms with Gasteiger partial charge < -0.3 is 20.3 Å². The molecule has 1 aromatic heterocycles. The number of carbonyl (C=O) groups is 2. The summed E-state index contributed by atoms with van der Waals surface area (Å²) < 4.78 is 0. The Balaban J connectivity index is 1.91. The molecule has 0 radical (unpaired) electrons. The van der Waals surface area contributed by atoms with Crippen molar-refractivity contribution in [1.82, 2.24) is 20.2 Å². The number of amides is 2. The molecule has 1 unspecified atom stereocenters. The van der Waals surface area contributed by atoms with Crippen LogP contribution in [0.1, 0.15) is 31.9 Å². The number of carboxylic acid groups (broad SMARTS) is 1. The van der Waals surface area contributed by atoms with Gasteiger partial charge in [-0.15, -0.1) is 0 Å². The van der Waals surface area contributed by atoms with Crippen molar-refractivity contribution in [1.29, 1.82) is 0 Å². The van der Waals surface area contributed by atoms with Gasteiger partial charge in [-0.3, -0.25) is 0 Å². The average Bonchev–Trinajstić information content (AvgIpc) is 2.92. The second kappa shape index (κ2) is 5.94. The van der Waals surface area contributed by atoms with Crippen molar-refractivity contribution in [2.45, 2.75) is 38.1 Å². The number of urea groups is 1. The lowest BCUT2D eigenvalue weighted by atomic mass is 9.89. The van der Waals surface area contributed by atoms with Gasteiger partial charge in [0.25, 0.3) is 0 Å². The van der Waals surface area contributed by atoms with Gasteiger partial charge in [0.1, 0.15) is 5.54 Å². The van der Waals surface area contributed by atoms with Gasteiger partial charge in [0.2, 0.25) is 0 Å². The summed E-state index contributed by atoms with van der Waals surface area (Å²) >= 11 is 0. The van der Waals surface area contributed by atoms with Crippen molar-refractivity contribution in [3.63, 3.8) is 0 Å². The number of aromatic nitrogens is 2. The number of rotatable bonds is 4. The first kappa shape index (κ1) is 14.4. The summed E-state index contributed by atoms with van der Waals surface area (Å²) in [5.41, 5.74) is -0.166. The van der Waals surface area contributed by atoms with Crippen LogP contribution < -0.4 is 5.32 Å². The molecule has 2 amide bonds. The third kappa shape index (κ3) is 2.92. The number of imidazole rings is 1. The second-order valence-corrected chi connectivity index (χ2v) is 5.25. The van der Waals surface area contributed by atoms with Crippen LogP contribution in [0.4, 0.5) is 4.79 Å². The van der Waals surface area contributed by atoms with E-state index in [1.807, 2.05) is 0 Å². The fourth-order valence-corrected chi connectivity index (χ4v) is 2.49. The summed E-state index contributed by atoms with van der Waals surface area (Å²) in [4.78, 5) is 31.9. The van der Waals surface area contributed by atoms with Crippen LogP contribution in [0.25, 0.3) is 0 Å². The maximum atomic E-state index is 12.2. The molecule has 1 aliphatic rings. The SMILES string of the molecule is CC1(C(=O)O)CCCCN1C(=O)NCCc1cnc[nH]1. The van der Waals surface area contributed by atoms with E-state index >= 15 is 0 Å². The third-order valence-corrected chi connectivity index (χ3v) is 3.82. The van der Waals surface area contributed by atoms with Crippen LogP contribution >= 0.6 is 0 Å². The molecule has 1 fully saturated rings. The molecule has 3 N–H and O–H groups in total. The van der Waals surface area contributed by atoms with E-state index in [4.69, 9.17) is 0 Å². The van der Waals surface area contributed by atoms with Crippen LogP contribution in [0.2, 0.25) is 0 Å². The zero-order valence-corrected chi connectivity index (χ0v) is 11.6. The monoisotopic (exact) mass is 280 g/mol. The molecule has 0 aliphatic carbocycles.